The molecule has 20 heavy (non-hydrogen) atoms. The van der Waals surface area contributed by atoms with E-state index >= 15 is 0 Å². The summed E-state index contributed by atoms with van der Waals surface area (Å²) in [6.07, 6.45) is 4.43. The van der Waals surface area contributed by atoms with Crippen LogP contribution in [0.5, 0.6) is 0 Å². The number of halogens is 1. The number of aliphatic carboxylic acids is 1. The second kappa shape index (κ2) is 6.66. The van der Waals surface area contributed by atoms with E-state index in [2.05, 4.69) is 20.9 Å². The van der Waals surface area contributed by atoms with Crippen LogP contribution in [0.4, 0.5) is 0 Å². The van der Waals surface area contributed by atoms with Gasteiger partial charge in [0.05, 0.1) is 5.92 Å². The smallest absolute Gasteiger partial charge is 0.307 e. The Labute approximate surface area is 126 Å². The van der Waals surface area contributed by atoms with Gasteiger partial charge in [0, 0.05) is 16.9 Å². The van der Waals surface area contributed by atoms with E-state index in [-0.39, 0.29) is 0 Å². The minimum Gasteiger partial charge on any atom is -0.481 e. The summed E-state index contributed by atoms with van der Waals surface area (Å²) < 4.78 is 0.870. The molecule has 0 aliphatic heterocycles. The number of carboxylic acid groups (broad SMARTS) is 1. The summed E-state index contributed by atoms with van der Waals surface area (Å²) >= 11 is 3.36. The predicted molar refractivity (Wildman–Crippen MR) is 81.6 cm³/mol. The molecule has 0 spiro atoms. The highest BCUT2D eigenvalue weighted by atomic mass is 79.9. The lowest BCUT2D eigenvalue weighted by atomic mass is 9.91. The molecule has 4 heteroatoms. The van der Waals surface area contributed by atoms with Gasteiger partial charge in [-0.2, -0.15) is 0 Å². The van der Waals surface area contributed by atoms with Crippen LogP contribution >= 0.6 is 15.9 Å². The van der Waals surface area contributed by atoms with Gasteiger partial charge < -0.3 is 5.11 Å². The van der Waals surface area contributed by atoms with Crippen LogP contribution in [0.1, 0.15) is 16.7 Å². The van der Waals surface area contributed by atoms with E-state index in [0.29, 0.717) is 12.8 Å². The number of aryl methyl sites for hydroxylation is 1. The van der Waals surface area contributed by atoms with Gasteiger partial charge in [0.2, 0.25) is 0 Å². The van der Waals surface area contributed by atoms with Crippen molar-refractivity contribution in [2.75, 3.05) is 0 Å². The molecule has 2 rings (SSSR count). The first-order chi connectivity index (χ1) is 9.56. The van der Waals surface area contributed by atoms with Gasteiger partial charge in [-0.1, -0.05) is 24.3 Å². The molecule has 0 bridgehead atoms. The highest BCUT2D eigenvalue weighted by molar-refractivity contribution is 9.10. The van der Waals surface area contributed by atoms with Crippen molar-refractivity contribution >= 4 is 21.9 Å². The molecule has 1 heterocycles. The van der Waals surface area contributed by atoms with E-state index in [4.69, 9.17) is 0 Å². The molecule has 1 aromatic carbocycles. The van der Waals surface area contributed by atoms with Gasteiger partial charge in [0.15, 0.2) is 0 Å². The molecule has 0 fully saturated rings. The van der Waals surface area contributed by atoms with Crippen LogP contribution in [-0.2, 0) is 17.6 Å². The second-order valence-electron chi connectivity index (χ2n) is 4.88. The molecule has 1 atom stereocenters. The molecule has 2 aromatic rings. The summed E-state index contributed by atoms with van der Waals surface area (Å²) in [6.45, 7) is 2.01. The molecule has 3 nitrogen and oxygen atoms in total. The van der Waals surface area contributed by atoms with Gasteiger partial charge in [-0.05, 0) is 58.5 Å². The Morgan fingerprint density at radius 2 is 2.05 bits per heavy atom. The van der Waals surface area contributed by atoms with E-state index in [0.717, 1.165) is 21.2 Å². The molecule has 0 saturated heterocycles. The Balaban J connectivity index is 2.16. The lowest BCUT2D eigenvalue weighted by Crippen LogP contribution is -2.19. The van der Waals surface area contributed by atoms with Crippen molar-refractivity contribution in [1.29, 1.82) is 0 Å². The lowest BCUT2D eigenvalue weighted by Gasteiger charge is -2.14. The third-order valence-electron chi connectivity index (χ3n) is 3.32. The van der Waals surface area contributed by atoms with Gasteiger partial charge in [-0.15, -0.1) is 0 Å². The third-order valence-corrected chi connectivity index (χ3v) is 3.75. The normalized spacial score (nSPS) is 12.1. The van der Waals surface area contributed by atoms with E-state index in [1.807, 2.05) is 37.3 Å². The van der Waals surface area contributed by atoms with Crippen molar-refractivity contribution in [3.05, 3.63) is 63.9 Å². The van der Waals surface area contributed by atoms with Crippen molar-refractivity contribution < 1.29 is 9.90 Å². The van der Waals surface area contributed by atoms with Crippen LogP contribution in [-0.4, -0.2) is 16.1 Å². The number of carbonyl (C=O) groups is 1. The maximum atomic E-state index is 11.5. The zero-order chi connectivity index (χ0) is 14.5. The van der Waals surface area contributed by atoms with Gasteiger partial charge >= 0.3 is 5.97 Å². The predicted octanol–water partition coefficient (Wildman–Crippen LogP) is 3.64. The topological polar surface area (TPSA) is 50.2 Å². The summed E-state index contributed by atoms with van der Waals surface area (Å²) in [5.41, 5.74) is 3.15. The van der Waals surface area contributed by atoms with E-state index in [1.165, 1.54) is 0 Å². The number of carboxylic acids is 1. The Bertz CT molecular complexity index is 613. The van der Waals surface area contributed by atoms with E-state index < -0.39 is 11.9 Å². The first-order valence-corrected chi connectivity index (χ1v) is 7.22. The number of nitrogens with zero attached hydrogens (tertiary/aromatic N) is 1. The van der Waals surface area contributed by atoms with Gasteiger partial charge in [0.25, 0.3) is 0 Å². The molecule has 0 saturated carbocycles. The van der Waals surface area contributed by atoms with Crippen LogP contribution < -0.4 is 0 Å². The summed E-state index contributed by atoms with van der Waals surface area (Å²) in [4.78, 5) is 15.6. The standard InChI is InChI=1S/C16H16BrNO2/c1-11-4-2-3-5-13(11)8-14(16(19)20)6-12-7-15(17)10-18-9-12/h2-5,7,9-10,14H,6,8H2,1H3,(H,19,20). The lowest BCUT2D eigenvalue weighted by molar-refractivity contribution is -0.141. The molecule has 104 valence electrons. The number of aromatic nitrogens is 1. The number of rotatable bonds is 5. The Morgan fingerprint density at radius 1 is 1.30 bits per heavy atom. The molecular weight excluding hydrogens is 318 g/mol. The van der Waals surface area contributed by atoms with E-state index in [9.17, 15) is 9.90 Å². The van der Waals surface area contributed by atoms with Gasteiger partial charge in [-0.25, -0.2) is 0 Å². The Kier molecular flexibility index (Phi) is 4.90. The largest absolute Gasteiger partial charge is 0.481 e. The molecule has 1 N–H and O–H groups in total. The van der Waals surface area contributed by atoms with Crippen molar-refractivity contribution in [2.45, 2.75) is 19.8 Å². The summed E-state index contributed by atoms with van der Waals surface area (Å²) in [5.74, 6) is -1.21. The maximum Gasteiger partial charge on any atom is 0.307 e. The van der Waals surface area contributed by atoms with Crippen LogP contribution in [0.2, 0.25) is 0 Å². The minimum atomic E-state index is -0.770. The van der Waals surface area contributed by atoms with Crippen LogP contribution in [0, 0.1) is 12.8 Å². The highest BCUT2D eigenvalue weighted by Gasteiger charge is 2.19. The average Bonchev–Trinajstić information content (AvgIpc) is 2.40. The summed E-state index contributed by atoms with van der Waals surface area (Å²) in [6, 6.07) is 9.83. The van der Waals surface area contributed by atoms with Crippen molar-refractivity contribution in [3.63, 3.8) is 0 Å². The number of pyridine rings is 1. The van der Waals surface area contributed by atoms with Crippen LogP contribution in [0.15, 0.2) is 47.2 Å². The Hall–Kier alpha value is -1.68. The first-order valence-electron chi connectivity index (χ1n) is 6.43. The first kappa shape index (κ1) is 14.7. The third kappa shape index (κ3) is 3.90. The molecule has 0 radical (unpaired) electrons. The van der Waals surface area contributed by atoms with Crippen molar-refractivity contribution in [1.82, 2.24) is 4.98 Å². The fourth-order valence-corrected chi connectivity index (χ4v) is 2.62. The number of benzene rings is 1. The second-order valence-corrected chi connectivity index (χ2v) is 5.80. The van der Waals surface area contributed by atoms with Crippen LogP contribution in [0.25, 0.3) is 0 Å². The van der Waals surface area contributed by atoms with Gasteiger partial charge in [-0.3, -0.25) is 9.78 Å². The average molecular weight is 334 g/mol. The molecule has 0 aliphatic carbocycles. The van der Waals surface area contributed by atoms with Crippen LogP contribution in [0.3, 0.4) is 0 Å². The van der Waals surface area contributed by atoms with Gasteiger partial charge in [0.1, 0.15) is 0 Å². The minimum absolute atomic E-state index is 0.438. The molecular formula is C16H16BrNO2. The Morgan fingerprint density at radius 3 is 2.70 bits per heavy atom. The number of hydrogen-bond acceptors (Lipinski definition) is 2. The summed E-state index contributed by atoms with van der Waals surface area (Å²) in [5, 5.41) is 9.42. The number of hydrogen-bond donors (Lipinski definition) is 1. The molecule has 1 unspecified atom stereocenters. The quantitative estimate of drug-likeness (QED) is 0.908. The molecule has 0 aliphatic rings. The highest BCUT2D eigenvalue weighted by Crippen LogP contribution is 2.19. The summed E-state index contributed by atoms with van der Waals surface area (Å²) in [7, 11) is 0. The van der Waals surface area contributed by atoms with E-state index in [1.54, 1.807) is 12.4 Å². The van der Waals surface area contributed by atoms with Crippen molar-refractivity contribution in [2.24, 2.45) is 5.92 Å². The zero-order valence-corrected chi connectivity index (χ0v) is 12.8. The van der Waals surface area contributed by atoms with Crippen molar-refractivity contribution in [3.8, 4) is 0 Å². The SMILES string of the molecule is Cc1ccccc1CC(Cc1cncc(Br)c1)C(=O)O. The fourth-order valence-electron chi connectivity index (χ4n) is 2.20. The molecule has 1 aromatic heterocycles. The maximum absolute atomic E-state index is 11.5. The zero-order valence-electron chi connectivity index (χ0n) is 11.2. The molecule has 0 amide bonds. The fraction of sp³-hybridized carbons (Fsp3) is 0.250. The monoisotopic (exact) mass is 333 g/mol.